The standard InChI is InChI=1S/C33H35FN4O7/c1-4-33(44)21-9-25-29-19(12-38(25)31(42)20(21)14-45-32(33)43)28-23(8-7-18-16(3)22(34)10-24(36-29)27(18)28)35-26(40)13-37(11-15(2)39)30(41)17-5-6-17/h9-10,15,17,23,39,44H,4-8,11-14H2,1-3H3,(H,35,40)/t15?,23?,33-/m0/s1. The van der Waals surface area contributed by atoms with Crippen molar-refractivity contribution in [3.8, 4) is 11.4 Å². The maximum Gasteiger partial charge on any atom is 0.343 e. The number of pyridine rings is 2. The Morgan fingerprint density at radius 3 is 2.67 bits per heavy atom. The Kier molecular flexibility index (Phi) is 6.86. The Morgan fingerprint density at radius 1 is 1.22 bits per heavy atom. The van der Waals surface area contributed by atoms with Crippen LogP contribution in [0.5, 0.6) is 0 Å². The van der Waals surface area contributed by atoms with Crippen molar-refractivity contribution in [2.75, 3.05) is 13.1 Å². The van der Waals surface area contributed by atoms with Crippen molar-refractivity contribution in [2.24, 2.45) is 5.92 Å². The summed E-state index contributed by atoms with van der Waals surface area (Å²) in [5.41, 5.74) is 1.89. The molecule has 3 atom stereocenters. The summed E-state index contributed by atoms with van der Waals surface area (Å²) in [5.74, 6) is -1.88. The monoisotopic (exact) mass is 618 g/mol. The van der Waals surface area contributed by atoms with Crippen molar-refractivity contribution in [1.82, 2.24) is 19.8 Å². The lowest BCUT2D eigenvalue weighted by molar-refractivity contribution is -0.172. The van der Waals surface area contributed by atoms with Crippen LogP contribution in [0, 0.1) is 18.7 Å². The molecule has 1 aromatic carbocycles. The Balaban J connectivity index is 1.34. The number of nitrogens with one attached hydrogen (secondary N) is 1. The molecule has 236 valence electrons. The van der Waals surface area contributed by atoms with Crippen molar-refractivity contribution in [3.05, 3.63) is 61.7 Å². The van der Waals surface area contributed by atoms with E-state index in [1.165, 1.54) is 15.5 Å². The molecule has 1 saturated carbocycles. The number of aryl methyl sites for hydroxylation is 1. The van der Waals surface area contributed by atoms with Gasteiger partial charge in [-0.3, -0.25) is 14.4 Å². The fraction of sp³-hybridized carbons (Fsp3) is 0.485. The lowest BCUT2D eigenvalue weighted by atomic mass is 9.81. The molecular formula is C33H35FN4O7. The first-order valence-corrected chi connectivity index (χ1v) is 15.5. The average Bonchev–Trinajstić information content (AvgIpc) is 3.79. The summed E-state index contributed by atoms with van der Waals surface area (Å²) in [6.07, 6.45) is 1.69. The van der Waals surface area contributed by atoms with Gasteiger partial charge in [-0.15, -0.1) is 0 Å². The fourth-order valence-electron chi connectivity index (χ4n) is 7.25. The summed E-state index contributed by atoms with van der Waals surface area (Å²) in [6, 6.07) is 2.45. The van der Waals surface area contributed by atoms with Gasteiger partial charge in [0.05, 0.1) is 47.7 Å². The van der Waals surface area contributed by atoms with Crippen molar-refractivity contribution < 1.29 is 33.7 Å². The van der Waals surface area contributed by atoms with E-state index < -0.39 is 35.1 Å². The summed E-state index contributed by atoms with van der Waals surface area (Å²) in [6.45, 7) is 4.62. The topological polar surface area (TPSA) is 151 Å². The summed E-state index contributed by atoms with van der Waals surface area (Å²) >= 11 is 0. The number of nitrogens with zero attached hydrogens (tertiary/aromatic N) is 3. The molecule has 3 aromatic rings. The van der Waals surface area contributed by atoms with Gasteiger partial charge in [0.15, 0.2) is 5.60 Å². The number of aliphatic hydroxyl groups excluding tert-OH is 1. The molecule has 4 heterocycles. The highest BCUT2D eigenvalue weighted by Gasteiger charge is 2.46. The molecule has 2 aliphatic carbocycles. The first-order valence-electron chi connectivity index (χ1n) is 15.5. The number of aromatic nitrogens is 2. The molecule has 2 unspecified atom stereocenters. The normalized spacial score (nSPS) is 21.9. The van der Waals surface area contributed by atoms with Crippen LogP contribution in [0.3, 0.4) is 0 Å². The number of hydrogen-bond acceptors (Lipinski definition) is 8. The summed E-state index contributed by atoms with van der Waals surface area (Å²) < 4.78 is 21.9. The molecule has 45 heavy (non-hydrogen) atoms. The number of rotatable bonds is 7. The van der Waals surface area contributed by atoms with Gasteiger partial charge < -0.3 is 29.7 Å². The smallest absolute Gasteiger partial charge is 0.343 e. The zero-order chi connectivity index (χ0) is 31.9. The van der Waals surface area contributed by atoms with Gasteiger partial charge in [-0.05, 0) is 68.7 Å². The Hall–Kier alpha value is -4.16. The van der Waals surface area contributed by atoms with E-state index in [9.17, 15) is 29.4 Å². The average molecular weight is 619 g/mol. The number of amides is 2. The number of aliphatic hydroxyl groups is 2. The maximum atomic E-state index is 15.2. The van der Waals surface area contributed by atoms with Gasteiger partial charge in [-0.2, -0.15) is 0 Å². The minimum Gasteiger partial charge on any atom is -0.458 e. The van der Waals surface area contributed by atoms with Gasteiger partial charge in [0.2, 0.25) is 11.8 Å². The summed E-state index contributed by atoms with van der Waals surface area (Å²) in [4.78, 5) is 59.0. The Labute approximate surface area is 258 Å². The van der Waals surface area contributed by atoms with E-state index >= 15 is 4.39 Å². The molecule has 7 rings (SSSR count). The molecular weight excluding hydrogens is 583 g/mol. The maximum absolute atomic E-state index is 15.2. The SMILES string of the molecule is CC[C@@]1(O)C(=O)OCc2c1cc1n(c2=O)Cc2c-1nc1cc(F)c(C)c3c1c2C(NC(=O)CN(CC(C)O)C(=O)C1CC1)CC3. The van der Waals surface area contributed by atoms with Crippen LogP contribution >= 0.6 is 0 Å². The van der Waals surface area contributed by atoms with E-state index in [-0.39, 0.29) is 61.5 Å². The van der Waals surface area contributed by atoms with Crippen molar-refractivity contribution in [3.63, 3.8) is 0 Å². The van der Waals surface area contributed by atoms with E-state index in [1.807, 2.05) is 0 Å². The highest BCUT2D eigenvalue weighted by atomic mass is 19.1. The van der Waals surface area contributed by atoms with E-state index in [4.69, 9.17) is 9.72 Å². The van der Waals surface area contributed by atoms with Gasteiger partial charge in [-0.1, -0.05) is 6.92 Å². The minimum atomic E-state index is -1.99. The first-order chi connectivity index (χ1) is 21.4. The second-order valence-corrected chi connectivity index (χ2v) is 12.8. The van der Waals surface area contributed by atoms with Gasteiger partial charge in [-0.25, -0.2) is 14.2 Å². The highest BCUT2D eigenvalue weighted by molar-refractivity contribution is 5.94. The van der Waals surface area contributed by atoms with Crippen LogP contribution in [0.25, 0.3) is 22.3 Å². The van der Waals surface area contributed by atoms with Crippen LogP contribution < -0.4 is 10.9 Å². The predicted molar refractivity (Wildman–Crippen MR) is 159 cm³/mol. The van der Waals surface area contributed by atoms with Crippen LogP contribution in [-0.2, 0) is 44.3 Å². The zero-order valence-corrected chi connectivity index (χ0v) is 25.4. The second-order valence-electron chi connectivity index (χ2n) is 12.8. The van der Waals surface area contributed by atoms with E-state index in [2.05, 4.69) is 5.32 Å². The lowest BCUT2D eigenvalue weighted by Crippen LogP contribution is -2.45. The largest absolute Gasteiger partial charge is 0.458 e. The molecule has 2 aliphatic heterocycles. The van der Waals surface area contributed by atoms with Gasteiger partial charge in [0.25, 0.3) is 5.56 Å². The second kappa shape index (κ2) is 10.4. The number of ether oxygens (including phenoxy) is 1. The fourth-order valence-corrected chi connectivity index (χ4v) is 7.25. The molecule has 0 bridgehead atoms. The van der Waals surface area contributed by atoms with Crippen LogP contribution in [0.2, 0.25) is 0 Å². The number of esters is 1. The number of carbonyl (C=O) groups is 3. The first kappa shape index (κ1) is 29.5. The van der Waals surface area contributed by atoms with Gasteiger partial charge >= 0.3 is 5.97 Å². The van der Waals surface area contributed by atoms with E-state index in [0.717, 1.165) is 29.4 Å². The zero-order valence-electron chi connectivity index (χ0n) is 25.4. The molecule has 2 amide bonds. The van der Waals surface area contributed by atoms with E-state index in [1.54, 1.807) is 26.8 Å². The highest BCUT2D eigenvalue weighted by Crippen LogP contribution is 2.46. The summed E-state index contributed by atoms with van der Waals surface area (Å²) in [7, 11) is 0. The predicted octanol–water partition coefficient (Wildman–Crippen LogP) is 2.25. The van der Waals surface area contributed by atoms with E-state index in [0.29, 0.717) is 40.9 Å². The van der Waals surface area contributed by atoms with Crippen LogP contribution in [-0.4, -0.2) is 61.6 Å². The van der Waals surface area contributed by atoms with Crippen LogP contribution in [0.15, 0.2) is 16.9 Å². The molecule has 2 aromatic heterocycles. The quantitative estimate of drug-likeness (QED) is 0.267. The van der Waals surface area contributed by atoms with Gasteiger partial charge in [0, 0.05) is 35.0 Å². The minimum absolute atomic E-state index is 0.00224. The number of carbonyl (C=O) groups excluding carboxylic acids is 3. The number of benzene rings is 1. The number of halogens is 1. The summed E-state index contributed by atoms with van der Waals surface area (Å²) in [5, 5.41) is 25.1. The third-order valence-corrected chi connectivity index (χ3v) is 9.77. The van der Waals surface area contributed by atoms with Crippen LogP contribution in [0.1, 0.15) is 79.0 Å². The molecule has 12 heteroatoms. The van der Waals surface area contributed by atoms with Crippen LogP contribution in [0.4, 0.5) is 4.39 Å². The third-order valence-electron chi connectivity index (χ3n) is 9.77. The Bertz CT molecular complexity index is 1880. The van der Waals surface area contributed by atoms with Gasteiger partial charge in [0.1, 0.15) is 12.4 Å². The molecule has 0 spiro atoms. The molecule has 3 N–H and O–H groups in total. The number of hydrogen-bond donors (Lipinski definition) is 3. The number of cyclic esters (lactones) is 1. The Morgan fingerprint density at radius 2 is 1.98 bits per heavy atom. The molecule has 1 fully saturated rings. The molecule has 11 nitrogen and oxygen atoms in total. The van der Waals surface area contributed by atoms with Crippen molar-refractivity contribution in [1.29, 1.82) is 0 Å². The van der Waals surface area contributed by atoms with Crippen molar-refractivity contribution in [2.45, 2.75) is 83.8 Å². The lowest BCUT2D eigenvalue weighted by Gasteiger charge is -2.31. The molecule has 0 radical (unpaired) electrons. The number of fused-ring (bicyclic) bond motifs is 5. The molecule has 4 aliphatic rings. The third kappa shape index (κ3) is 4.56. The molecule has 0 saturated heterocycles. The van der Waals surface area contributed by atoms with Crippen molar-refractivity contribution >= 4 is 28.7 Å².